The quantitative estimate of drug-likeness (QED) is 0.329. The number of hydrogen-bond donors (Lipinski definition) is 1. The maximum absolute atomic E-state index is 14.1. The third-order valence-electron chi connectivity index (χ3n) is 6.12. The van der Waals surface area contributed by atoms with Crippen LogP contribution in [-0.2, 0) is 26.2 Å². The number of hydrogen-bond acceptors (Lipinski definition) is 5. The number of methoxy groups -OCH3 is 1. The predicted molar refractivity (Wildman–Crippen MR) is 161 cm³/mol. The molecule has 3 aromatic rings. The first-order chi connectivity index (χ1) is 18.7. The highest BCUT2D eigenvalue weighted by Crippen LogP contribution is 2.33. The average Bonchev–Trinajstić information content (AvgIpc) is 2.89. The summed E-state index contributed by atoms with van der Waals surface area (Å²) in [7, 11) is -2.74. The van der Waals surface area contributed by atoms with Crippen molar-refractivity contribution in [2.75, 3.05) is 18.0 Å². The van der Waals surface area contributed by atoms with Crippen LogP contribution in [0.1, 0.15) is 38.8 Å². The van der Waals surface area contributed by atoms with Crippen molar-refractivity contribution in [1.82, 2.24) is 10.2 Å². The Morgan fingerprint density at radius 1 is 1.00 bits per heavy atom. The summed E-state index contributed by atoms with van der Waals surface area (Å²) in [5, 5.41) is 2.92. The van der Waals surface area contributed by atoms with Crippen molar-refractivity contribution >= 4 is 43.5 Å². The molecule has 1 N–H and O–H groups in total. The number of carbonyl (C=O) groups is 2. The number of ether oxygens (including phenoxy) is 1. The lowest BCUT2D eigenvalue weighted by Gasteiger charge is -2.33. The zero-order valence-electron chi connectivity index (χ0n) is 23.6. The van der Waals surface area contributed by atoms with Crippen molar-refractivity contribution in [3.05, 3.63) is 88.4 Å². The molecule has 10 heteroatoms. The summed E-state index contributed by atoms with van der Waals surface area (Å²) < 4.78 is 35.3. The van der Waals surface area contributed by atoms with Crippen LogP contribution >= 0.6 is 15.9 Å². The Morgan fingerprint density at radius 3 is 2.27 bits per heavy atom. The summed E-state index contributed by atoms with van der Waals surface area (Å²) in [4.78, 5) is 28.7. The minimum Gasteiger partial charge on any atom is -0.495 e. The summed E-state index contributed by atoms with van der Waals surface area (Å²) >= 11 is 3.46. The number of rotatable bonds is 10. The van der Waals surface area contributed by atoms with E-state index in [1.54, 1.807) is 43.3 Å². The molecule has 0 unspecified atom stereocenters. The third-order valence-corrected chi connectivity index (χ3v) is 8.39. The molecule has 0 aromatic heterocycles. The molecule has 0 spiro atoms. The van der Waals surface area contributed by atoms with E-state index >= 15 is 0 Å². The Hall–Kier alpha value is -3.37. The van der Waals surface area contributed by atoms with E-state index in [2.05, 4.69) is 21.2 Å². The van der Waals surface area contributed by atoms with Gasteiger partial charge in [-0.1, -0.05) is 52.3 Å². The summed E-state index contributed by atoms with van der Waals surface area (Å²) in [5.74, 6) is -0.587. The molecule has 8 nitrogen and oxygen atoms in total. The Bertz CT molecular complexity index is 1460. The van der Waals surface area contributed by atoms with Crippen LogP contribution in [0.5, 0.6) is 5.75 Å². The average molecular weight is 631 g/mol. The van der Waals surface area contributed by atoms with Crippen LogP contribution in [0.4, 0.5) is 5.69 Å². The Balaban J connectivity index is 2.10. The van der Waals surface area contributed by atoms with Gasteiger partial charge < -0.3 is 15.0 Å². The second-order valence-electron chi connectivity index (χ2n) is 10.6. The standard InChI is InChI=1S/C30H36BrN3O5S/c1-21-15-16-27(39-6)26(17-21)34(40(37,38)25-13-8-7-9-14-25)20-28(35)33(19-23-11-10-12-24(31)18-23)22(2)29(36)32-30(3,4)5/h7-18,22H,19-20H2,1-6H3,(H,32,36)/t22-/m0/s1. The van der Waals surface area contributed by atoms with Gasteiger partial charge in [-0.25, -0.2) is 8.42 Å². The number of amides is 2. The first-order valence-corrected chi connectivity index (χ1v) is 15.0. The SMILES string of the molecule is COc1ccc(C)cc1N(CC(=O)N(Cc1cccc(Br)c1)[C@@H](C)C(=O)NC(C)(C)C)S(=O)(=O)c1ccccc1. The van der Waals surface area contributed by atoms with Gasteiger partial charge in [0.05, 0.1) is 17.7 Å². The molecule has 0 aliphatic heterocycles. The van der Waals surface area contributed by atoms with Crippen molar-refractivity contribution < 1.29 is 22.7 Å². The molecule has 0 bridgehead atoms. The smallest absolute Gasteiger partial charge is 0.264 e. The largest absolute Gasteiger partial charge is 0.495 e. The van der Waals surface area contributed by atoms with Gasteiger partial charge in [0.2, 0.25) is 11.8 Å². The molecular formula is C30H36BrN3O5S. The van der Waals surface area contributed by atoms with Gasteiger partial charge in [0, 0.05) is 16.6 Å². The van der Waals surface area contributed by atoms with Crippen LogP contribution in [0.25, 0.3) is 0 Å². The monoisotopic (exact) mass is 629 g/mol. The molecule has 214 valence electrons. The van der Waals surface area contributed by atoms with Crippen LogP contribution in [0.3, 0.4) is 0 Å². The van der Waals surface area contributed by atoms with E-state index in [-0.39, 0.29) is 23.0 Å². The fourth-order valence-electron chi connectivity index (χ4n) is 4.12. The third kappa shape index (κ3) is 7.85. The van der Waals surface area contributed by atoms with E-state index in [9.17, 15) is 18.0 Å². The molecule has 40 heavy (non-hydrogen) atoms. The molecule has 2 amide bonds. The number of nitrogens with one attached hydrogen (secondary N) is 1. The highest BCUT2D eigenvalue weighted by Gasteiger charge is 2.34. The normalized spacial score (nSPS) is 12.4. The number of carbonyl (C=O) groups excluding carboxylic acids is 2. The van der Waals surface area contributed by atoms with E-state index in [1.807, 2.05) is 52.0 Å². The molecule has 3 rings (SSSR count). The number of nitrogens with zero attached hydrogens (tertiary/aromatic N) is 2. The lowest BCUT2D eigenvalue weighted by molar-refractivity contribution is -0.140. The molecule has 0 radical (unpaired) electrons. The molecule has 0 aliphatic rings. The lowest BCUT2D eigenvalue weighted by Crippen LogP contribution is -2.54. The van der Waals surface area contributed by atoms with Gasteiger partial charge in [0.1, 0.15) is 18.3 Å². The van der Waals surface area contributed by atoms with Crippen LogP contribution in [0, 0.1) is 6.92 Å². The zero-order chi connectivity index (χ0) is 29.7. The predicted octanol–water partition coefficient (Wildman–Crippen LogP) is 5.29. The van der Waals surface area contributed by atoms with E-state index in [1.165, 1.54) is 24.1 Å². The van der Waals surface area contributed by atoms with Crippen molar-refractivity contribution in [2.45, 2.75) is 57.6 Å². The Morgan fingerprint density at radius 2 is 1.68 bits per heavy atom. The Labute approximate surface area is 245 Å². The highest BCUT2D eigenvalue weighted by atomic mass is 79.9. The molecule has 0 aliphatic carbocycles. The van der Waals surface area contributed by atoms with E-state index in [0.29, 0.717) is 5.75 Å². The minimum atomic E-state index is -4.19. The minimum absolute atomic E-state index is 0.0309. The summed E-state index contributed by atoms with van der Waals surface area (Å²) in [6, 6.07) is 19.6. The van der Waals surface area contributed by atoms with Gasteiger partial charge in [0.15, 0.2) is 0 Å². The van der Waals surface area contributed by atoms with Crippen molar-refractivity contribution in [1.29, 1.82) is 0 Å². The topological polar surface area (TPSA) is 96.0 Å². The van der Waals surface area contributed by atoms with Gasteiger partial charge in [0.25, 0.3) is 10.0 Å². The molecule has 0 fully saturated rings. The molecule has 0 heterocycles. The van der Waals surface area contributed by atoms with Crippen LogP contribution in [0.15, 0.2) is 82.2 Å². The van der Waals surface area contributed by atoms with Crippen LogP contribution in [0.2, 0.25) is 0 Å². The number of benzene rings is 3. The molecule has 1 atom stereocenters. The van der Waals surface area contributed by atoms with Gasteiger partial charge in [-0.2, -0.15) is 0 Å². The highest BCUT2D eigenvalue weighted by molar-refractivity contribution is 9.10. The van der Waals surface area contributed by atoms with E-state index in [0.717, 1.165) is 19.9 Å². The van der Waals surface area contributed by atoms with Gasteiger partial charge >= 0.3 is 0 Å². The number of aryl methyl sites for hydroxylation is 1. The first-order valence-electron chi connectivity index (χ1n) is 12.8. The maximum Gasteiger partial charge on any atom is 0.264 e. The fourth-order valence-corrected chi connectivity index (χ4v) is 6.00. The van der Waals surface area contributed by atoms with Crippen LogP contribution in [-0.4, -0.2) is 50.4 Å². The zero-order valence-corrected chi connectivity index (χ0v) is 26.0. The van der Waals surface area contributed by atoms with Crippen molar-refractivity contribution in [3.63, 3.8) is 0 Å². The summed E-state index contributed by atoms with van der Waals surface area (Å²) in [6.07, 6.45) is 0. The number of halogens is 1. The van der Waals surface area contributed by atoms with Crippen molar-refractivity contribution in [2.24, 2.45) is 0 Å². The fraction of sp³-hybridized carbons (Fsp3) is 0.333. The summed E-state index contributed by atoms with van der Waals surface area (Å²) in [5.41, 5.74) is 1.28. The lowest BCUT2D eigenvalue weighted by atomic mass is 10.1. The Kier molecular flexibility index (Phi) is 10.0. The van der Waals surface area contributed by atoms with Gasteiger partial charge in [-0.15, -0.1) is 0 Å². The molecule has 3 aromatic carbocycles. The maximum atomic E-state index is 14.1. The van der Waals surface area contributed by atoms with Gasteiger partial charge in [-0.05, 0) is 82.1 Å². The van der Waals surface area contributed by atoms with Crippen LogP contribution < -0.4 is 14.4 Å². The number of sulfonamides is 1. The second-order valence-corrected chi connectivity index (χ2v) is 13.3. The van der Waals surface area contributed by atoms with E-state index in [4.69, 9.17) is 4.74 Å². The molecular weight excluding hydrogens is 594 g/mol. The molecule has 0 saturated heterocycles. The van der Waals surface area contributed by atoms with E-state index < -0.39 is 34.1 Å². The van der Waals surface area contributed by atoms with Crippen molar-refractivity contribution in [3.8, 4) is 5.75 Å². The van der Waals surface area contributed by atoms with Gasteiger partial charge in [-0.3, -0.25) is 13.9 Å². The number of anilines is 1. The second kappa shape index (κ2) is 12.9. The summed E-state index contributed by atoms with van der Waals surface area (Å²) in [6.45, 7) is 8.60. The first kappa shape index (κ1) is 31.2. The molecule has 0 saturated carbocycles.